The van der Waals surface area contributed by atoms with E-state index >= 15 is 0 Å². The van der Waals surface area contributed by atoms with E-state index in [4.69, 9.17) is 4.74 Å². The molecule has 1 N–H and O–H groups in total. The van der Waals surface area contributed by atoms with Gasteiger partial charge in [-0.05, 0) is 6.42 Å². The first-order chi connectivity index (χ1) is 6.38. The zero-order chi connectivity index (χ0) is 9.10. The van der Waals surface area contributed by atoms with Gasteiger partial charge in [0, 0.05) is 18.5 Å². The van der Waals surface area contributed by atoms with E-state index in [0.717, 1.165) is 25.2 Å². The fourth-order valence-corrected chi connectivity index (χ4v) is 1.89. The lowest BCUT2D eigenvalue weighted by Crippen LogP contribution is -2.48. The third-order valence-electron chi connectivity index (χ3n) is 2.11. The summed E-state index contributed by atoms with van der Waals surface area (Å²) in [6.07, 6.45) is 1.43. The summed E-state index contributed by atoms with van der Waals surface area (Å²) in [5.41, 5.74) is 1.08. The molecular formula is C9H14N2OS. The number of hydrogen-bond donors (Lipinski definition) is 1. The van der Waals surface area contributed by atoms with E-state index in [0.29, 0.717) is 12.7 Å². The van der Waals surface area contributed by atoms with E-state index in [9.17, 15) is 0 Å². The van der Waals surface area contributed by atoms with Crippen LogP contribution in [0, 0.1) is 0 Å². The van der Waals surface area contributed by atoms with Gasteiger partial charge in [-0.25, -0.2) is 4.98 Å². The third-order valence-corrected chi connectivity index (χ3v) is 3.15. The first kappa shape index (κ1) is 9.12. The van der Waals surface area contributed by atoms with Crippen molar-refractivity contribution in [1.29, 1.82) is 0 Å². The van der Waals surface area contributed by atoms with E-state index in [-0.39, 0.29) is 0 Å². The van der Waals surface area contributed by atoms with Gasteiger partial charge in [0.15, 0.2) is 0 Å². The van der Waals surface area contributed by atoms with E-state index in [1.165, 1.54) is 5.01 Å². The molecule has 0 amide bonds. The number of nitrogens with zero attached hydrogens (tertiary/aromatic N) is 1. The van der Waals surface area contributed by atoms with E-state index in [2.05, 4.69) is 22.6 Å². The molecule has 2 heterocycles. The van der Waals surface area contributed by atoms with Crippen LogP contribution in [0.4, 0.5) is 0 Å². The maximum atomic E-state index is 5.60. The Hall–Kier alpha value is -0.450. The molecule has 1 aliphatic rings. The average Bonchev–Trinajstić information content (AvgIpc) is 2.49. The van der Waals surface area contributed by atoms with Gasteiger partial charge in [0.2, 0.25) is 0 Å². The molecule has 1 aromatic rings. The minimum atomic E-state index is 0.409. The number of hydrogen-bond acceptors (Lipinski definition) is 4. The van der Waals surface area contributed by atoms with Crippen LogP contribution in [0.3, 0.4) is 0 Å². The SMILES string of the molecule is CCc1nc(COC2CNC2)cs1. The second kappa shape index (κ2) is 4.17. The van der Waals surface area contributed by atoms with Gasteiger partial charge < -0.3 is 10.1 Å². The van der Waals surface area contributed by atoms with Crippen molar-refractivity contribution in [2.24, 2.45) is 0 Å². The number of ether oxygens (including phenoxy) is 1. The largest absolute Gasteiger partial charge is 0.369 e. The van der Waals surface area contributed by atoms with Crippen molar-refractivity contribution in [3.05, 3.63) is 16.1 Å². The van der Waals surface area contributed by atoms with E-state index in [1.54, 1.807) is 11.3 Å². The molecule has 0 unspecified atom stereocenters. The van der Waals surface area contributed by atoms with Gasteiger partial charge in [0.1, 0.15) is 0 Å². The normalized spacial score (nSPS) is 17.3. The number of thiazole rings is 1. The minimum absolute atomic E-state index is 0.409. The molecule has 2 rings (SSSR count). The molecule has 1 fully saturated rings. The summed E-state index contributed by atoms with van der Waals surface area (Å²) in [5.74, 6) is 0. The van der Waals surface area contributed by atoms with Gasteiger partial charge in [-0.2, -0.15) is 0 Å². The first-order valence-corrected chi connectivity index (χ1v) is 5.52. The van der Waals surface area contributed by atoms with Crippen LogP contribution in [-0.2, 0) is 17.8 Å². The lowest BCUT2D eigenvalue weighted by Gasteiger charge is -2.26. The molecule has 1 aliphatic heterocycles. The van der Waals surface area contributed by atoms with Gasteiger partial charge in [-0.3, -0.25) is 0 Å². The maximum Gasteiger partial charge on any atom is 0.0926 e. The third kappa shape index (κ3) is 2.27. The molecular weight excluding hydrogens is 184 g/mol. The van der Waals surface area contributed by atoms with E-state index < -0.39 is 0 Å². The standard InChI is InChI=1S/C9H14N2OS/c1-2-9-11-7(6-13-9)5-12-8-3-10-4-8/h6,8,10H,2-5H2,1H3. The van der Waals surface area contributed by atoms with Crippen LogP contribution in [0.25, 0.3) is 0 Å². The Labute approximate surface area is 82.1 Å². The summed E-state index contributed by atoms with van der Waals surface area (Å²) in [4.78, 5) is 4.43. The number of nitrogens with one attached hydrogen (secondary N) is 1. The van der Waals surface area contributed by atoms with Crippen LogP contribution in [-0.4, -0.2) is 24.2 Å². The Morgan fingerprint density at radius 1 is 1.69 bits per heavy atom. The topological polar surface area (TPSA) is 34.1 Å². The molecule has 72 valence electrons. The Morgan fingerprint density at radius 3 is 3.08 bits per heavy atom. The molecule has 0 atom stereocenters. The highest BCUT2D eigenvalue weighted by Gasteiger charge is 2.17. The van der Waals surface area contributed by atoms with Crippen LogP contribution in [0.2, 0.25) is 0 Å². The highest BCUT2D eigenvalue weighted by atomic mass is 32.1. The molecule has 0 bridgehead atoms. The first-order valence-electron chi connectivity index (χ1n) is 4.64. The minimum Gasteiger partial charge on any atom is -0.369 e. The maximum absolute atomic E-state index is 5.60. The molecule has 3 nitrogen and oxygen atoms in total. The summed E-state index contributed by atoms with van der Waals surface area (Å²) in [7, 11) is 0. The second-order valence-electron chi connectivity index (χ2n) is 3.18. The summed E-state index contributed by atoms with van der Waals surface area (Å²) in [5, 5.41) is 6.46. The summed E-state index contributed by atoms with van der Waals surface area (Å²) >= 11 is 1.72. The zero-order valence-electron chi connectivity index (χ0n) is 7.75. The van der Waals surface area contributed by atoms with Crippen molar-refractivity contribution in [2.75, 3.05) is 13.1 Å². The van der Waals surface area contributed by atoms with Crippen LogP contribution >= 0.6 is 11.3 Å². The fourth-order valence-electron chi connectivity index (χ4n) is 1.16. The van der Waals surface area contributed by atoms with Crippen molar-refractivity contribution in [3.8, 4) is 0 Å². The lowest BCUT2D eigenvalue weighted by atomic mass is 10.2. The Kier molecular flexibility index (Phi) is 2.93. The second-order valence-corrected chi connectivity index (χ2v) is 4.12. The lowest BCUT2D eigenvalue weighted by molar-refractivity contribution is 0.00623. The molecule has 0 saturated carbocycles. The quantitative estimate of drug-likeness (QED) is 0.789. The molecule has 0 aromatic carbocycles. The predicted octanol–water partition coefficient (Wildman–Crippen LogP) is 1.19. The highest BCUT2D eigenvalue weighted by Crippen LogP contribution is 2.12. The monoisotopic (exact) mass is 198 g/mol. The smallest absolute Gasteiger partial charge is 0.0926 e. The van der Waals surface area contributed by atoms with Crippen LogP contribution in [0.15, 0.2) is 5.38 Å². The number of aromatic nitrogens is 1. The Balaban J connectivity index is 1.79. The van der Waals surface area contributed by atoms with Gasteiger partial charge in [-0.1, -0.05) is 6.92 Å². The van der Waals surface area contributed by atoms with Crippen molar-refractivity contribution in [3.63, 3.8) is 0 Å². The van der Waals surface area contributed by atoms with Crippen LogP contribution in [0.5, 0.6) is 0 Å². The number of rotatable bonds is 4. The van der Waals surface area contributed by atoms with Crippen molar-refractivity contribution in [2.45, 2.75) is 26.1 Å². The molecule has 0 aliphatic carbocycles. The summed E-state index contributed by atoms with van der Waals surface area (Å²) in [6.45, 7) is 4.78. The van der Waals surface area contributed by atoms with Crippen LogP contribution in [0.1, 0.15) is 17.6 Å². The Morgan fingerprint density at radius 2 is 2.54 bits per heavy atom. The number of aryl methyl sites for hydroxylation is 1. The van der Waals surface area contributed by atoms with Crippen LogP contribution < -0.4 is 5.32 Å². The fraction of sp³-hybridized carbons (Fsp3) is 0.667. The van der Waals surface area contributed by atoms with E-state index in [1.807, 2.05) is 0 Å². The van der Waals surface area contributed by atoms with Crippen molar-refractivity contribution < 1.29 is 4.74 Å². The average molecular weight is 198 g/mol. The van der Waals surface area contributed by atoms with Gasteiger partial charge in [0.05, 0.1) is 23.4 Å². The highest BCUT2D eigenvalue weighted by molar-refractivity contribution is 7.09. The van der Waals surface area contributed by atoms with Crippen molar-refractivity contribution in [1.82, 2.24) is 10.3 Å². The Bertz CT molecular complexity index is 270. The predicted molar refractivity (Wildman–Crippen MR) is 52.9 cm³/mol. The summed E-state index contributed by atoms with van der Waals surface area (Å²) < 4.78 is 5.60. The molecule has 1 saturated heterocycles. The van der Waals surface area contributed by atoms with Gasteiger partial charge >= 0.3 is 0 Å². The molecule has 13 heavy (non-hydrogen) atoms. The molecule has 1 aromatic heterocycles. The van der Waals surface area contributed by atoms with Crippen molar-refractivity contribution >= 4 is 11.3 Å². The zero-order valence-corrected chi connectivity index (χ0v) is 8.56. The molecule has 0 radical (unpaired) electrons. The summed E-state index contributed by atoms with van der Waals surface area (Å²) in [6, 6.07) is 0. The van der Waals surface area contributed by atoms with Gasteiger partial charge in [0.25, 0.3) is 0 Å². The molecule has 4 heteroatoms. The molecule has 0 spiro atoms. The van der Waals surface area contributed by atoms with Gasteiger partial charge in [-0.15, -0.1) is 11.3 Å².